The summed E-state index contributed by atoms with van der Waals surface area (Å²) in [5.41, 5.74) is 1.14. The van der Waals surface area contributed by atoms with E-state index in [4.69, 9.17) is 4.74 Å². The van der Waals surface area contributed by atoms with Gasteiger partial charge in [-0.15, -0.1) is 0 Å². The summed E-state index contributed by atoms with van der Waals surface area (Å²) in [6.07, 6.45) is 9.54. The molecule has 0 bridgehead atoms. The maximum Gasteiger partial charge on any atom is 0.309 e. The van der Waals surface area contributed by atoms with Crippen LogP contribution in [0.5, 0.6) is 0 Å². The highest BCUT2D eigenvalue weighted by Crippen LogP contribution is 2.47. The van der Waals surface area contributed by atoms with E-state index in [-0.39, 0.29) is 11.9 Å². The summed E-state index contributed by atoms with van der Waals surface area (Å²) in [5.74, 6) is 0.264. The number of carbonyl (C=O) groups is 1. The van der Waals surface area contributed by atoms with Gasteiger partial charge >= 0.3 is 5.97 Å². The van der Waals surface area contributed by atoms with E-state index in [2.05, 4.69) is 12.0 Å². The molecule has 1 saturated carbocycles. The fourth-order valence-corrected chi connectivity index (χ4v) is 1.93. The topological polar surface area (TPSA) is 44.1 Å². The Morgan fingerprint density at radius 2 is 2.47 bits per heavy atom. The van der Waals surface area contributed by atoms with Gasteiger partial charge in [0.25, 0.3) is 0 Å². The number of hydrogen-bond acceptors (Lipinski definition) is 3. The van der Waals surface area contributed by atoms with Crippen LogP contribution in [0, 0.1) is 5.92 Å². The Labute approximate surface area is 101 Å². The van der Waals surface area contributed by atoms with Crippen LogP contribution >= 0.6 is 0 Å². The molecule has 0 saturated heterocycles. The average molecular weight is 234 g/mol. The highest BCUT2D eigenvalue weighted by atomic mass is 16.5. The number of allylic oxidation sites excluding steroid dienone is 1. The summed E-state index contributed by atoms with van der Waals surface area (Å²) in [7, 11) is 1.88. The number of rotatable bonds is 5. The molecule has 1 aliphatic carbocycles. The molecule has 0 aliphatic heterocycles. The minimum Gasteiger partial charge on any atom is -0.461 e. The first-order valence-corrected chi connectivity index (χ1v) is 6.02. The van der Waals surface area contributed by atoms with Crippen LogP contribution in [0.15, 0.2) is 24.5 Å². The number of carbonyl (C=O) groups excluding carboxylic acids is 1. The van der Waals surface area contributed by atoms with Crippen LogP contribution in [-0.4, -0.2) is 22.4 Å². The van der Waals surface area contributed by atoms with Gasteiger partial charge in [-0.25, -0.2) is 0 Å². The quantitative estimate of drug-likeness (QED) is 0.578. The van der Waals surface area contributed by atoms with Gasteiger partial charge in [0.05, 0.1) is 12.1 Å². The largest absolute Gasteiger partial charge is 0.461 e. The van der Waals surface area contributed by atoms with Crippen LogP contribution in [0.1, 0.15) is 31.2 Å². The third-order valence-electron chi connectivity index (χ3n) is 2.97. The first-order chi connectivity index (χ1) is 8.22. The summed E-state index contributed by atoms with van der Waals surface area (Å²) >= 11 is 0. The molecule has 1 aromatic rings. The predicted octanol–water partition coefficient (Wildman–Crippen LogP) is 2.03. The van der Waals surface area contributed by atoms with Gasteiger partial charge in [-0.3, -0.25) is 9.48 Å². The summed E-state index contributed by atoms with van der Waals surface area (Å²) in [4.78, 5) is 11.7. The van der Waals surface area contributed by atoms with Crippen molar-refractivity contribution in [2.75, 3.05) is 6.61 Å². The number of nitrogens with zero attached hydrogens (tertiary/aromatic N) is 2. The number of aromatic nitrogens is 2. The predicted molar refractivity (Wildman–Crippen MR) is 64.4 cm³/mol. The normalized spacial score (nSPS) is 22.9. The molecule has 4 heteroatoms. The van der Waals surface area contributed by atoms with Crippen molar-refractivity contribution >= 4 is 5.97 Å². The monoisotopic (exact) mass is 234 g/mol. The van der Waals surface area contributed by atoms with E-state index < -0.39 is 0 Å². The SMILES string of the molecule is CC/C=C/COC(=O)[C@@H]1C[C@@H]1c1cnn(C)c1. The highest BCUT2D eigenvalue weighted by molar-refractivity contribution is 5.77. The zero-order valence-corrected chi connectivity index (χ0v) is 10.3. The molecule has 0 amide bonds. The molecule has 1 heterocycles. The van der Waals surface area contributed by atoms with Crippen molar-refractivity contribution in [3.63, 3.8) is 0 Å². The van der Waals surface area contributed by atoms with Gasteiger partial charge in [0.15, 0.2) is 0 Å². The first kappa shape index (κ1) is 11.9. The molecular weight excluding hydrogens is 216 g/mol. The molecule has 1 fully saturated rings. The van der Waals surface area contributed by atoms with Gasteiger partial charge in [-0.05, 0) is 18.4 Å². The van der Waals surface area contributed by atoms with Crippen LogP contribution in [0.2, 0.25) is 0 Å². The Morgan fingerprint density at radius 1 is 1.65 bits per heavy atom. The van der Waals surface area contributed by atoms with E-state index in [0.717, 1.165) is 18.4 Å². The van der Waals surface area contributed by atoms with Crippen LogP contribution < -0.4 is 0 Å². The Morgan fingerprint density at radius 3 is 3.12 bits per heavy atom. The van der Waals surface area contributed by atoms with E-state index >= 15 is 0 Å². The zero-order valence-electron chi connectivity index (χ0n) is 10.3. The van der Waals surface area contributed by atoms with Gasteiger partial charge in [0, 0.05) is 19.2 Å². The maximum atomic E-state index is 11.7. The van der Waals surface area contributed by atoms with Crippen LogP contribution in [0.4, 0.5) is 0 Å². The molecule has 1 aliphatic rings. The molecule has 2 atom stereocenters. The second-order valence-corrected chi connectivity index (χ2v) is 4.41. The van der Waals surface area contributed by atoms with Gasteiger partial charge in [0.1, 0.15) is 6.61 Å². The Balaban J connectivity index is 1.78. The van der Waals surface area contributed by atoms with Crippen molar-refractivity contribution in [1.82, 2.24) is 9.78 Å². The standard InChI is InChI=1S/C13H18N2O2/c1-3-4-5-6-17-13(16)12-7-11(12)10-8-14-15(2)9-10/h4-5,8-9,11-12H,3,6-7H2,1-2H3/b5-4+/t11-,12-/m1/s1. The van der Waals surface area contributed by atoms with Crippen LogP contribution in [-0.2, 0) is 16.6 Å². The average Bonchev–Trinajstić information content (AvgIpc) is 3.01. The molecule has 0 radical (unpaired) electrons. The van der Waals surface area contributed by atoms with E-state index in [1.807, 2.05) is 31.6 Å². The first-order valence-electron chi connectivity index (χ1n) is 6.02. The zero-order chi connectivity index (χ0) is 12.3. The van der Waals surface area contributed by atoms with Crippen LogP contribution in [0.25, 0.3) is 0 Å². The molecule has 4 nitrogen and oxygen atoms in total. The van der Waals surface area contributed by atoms with Crippen molar-refractivity contribution in [2.24, 2.45) is 13.0 Å². The lowest BCUT2D eigenvalue weighted by Gasteiger charge is -2.00. The summed E-state index contributed by atoms with van der Waals surface area (Å²) < 4.78 is 6.94. The Hall–Kier alpha value is -1.58. The van der Waals surface area contributed by atoms with E-state index in [1.54, 1.807) is 4.68 Å². The fraction of sp³-hybridized carbons (Fsp3) is 0.538. The molecule has 1 aromatic heterocycles. The van der Waals surface area contributed by atoms with Crippen molar-refractivity contribution in [3.05, 3.63) is 30.1 Å². The highest BCUT2D eigenvalue weighted by Gasteiger charge is 2.45. The number of hydrogen-bond donors (Lipinski definition) is 0. The third-order valence-corrected chi connectivity index (χ3v) is 2.97. The lowest BCUT2D eigenvalue weighted by molar-refractivity contribution is -0.144. The molecule has 0 unspecified atom stereocenters. The summed E-state index contributed by atoms with van der Waals surface area (Å²) in [6, 6.07) is 0. The van der Waals surface area contributed by atoms with Crippen molar-refractivity contribution in [2.45, 2.75) is 25.7 Å². The van der Waals surface area contributed by atoms with Crippen molar-refractivity contribution < 1.29 is 9.53 Å². The minimum absolute atomic E-state index is 0.0363. The molecule has 92 valence electrons. The molecule has 0 spiro atoms. The number of aryl methyl sites for hydroxylation is 1. The summed E-state index contributed by atoms with van der Waals surface area (Å²) in [6.45, 7) is 2.45. The third kappa shape index (κ3) is 2.96. The van der Waals surface area contributed by atoms with E-state index in [0.29, 0.717) is 12.5 Å². The van der Waals surface area contributed by atoms with Crippen molar-refractivity contribution in [1.29, 1.82) is 0 Å². The lowest BCUT2D eigenvalue weighted by atomic mass is 10.2. The van der Waals surface area contributed by atoms with E-state index in [9.17, 15) is 4.79 Å². The van der Waals surface area contributed by atoms with Gasteiger partial charge in [0.2, 0.25) is 0 Å². The minimum atomic E-state index is -0.0837. The fourth-order valence-electron chi connectivity index (χ4n) is 1.93. The smallest absolute Gasteiger partial charge is 0.309 e. The second kappa shape index (κ2) is 5.17. The van der Waals surface area contributed by atoms with Crippen molar-refractivity contribution in [3.8, 4) is 0 Å². The molecule has 2 rings (SSSR count). The second-order valence-electron chi connectivity index (χ2n) is 4.41. The van der Waals surface area contributed by atoms with Gasteiger partial charge in [-0.2, -0.15) is 5.10 Å². The molecule has 17 heavy (non-hydrogen) atoms. The molecule has 0 N–H and O–H groups in total. The lowest BCUT2D eigenvalue weighted by Crippen LogP contribution is -2.07. The molecular formula is C13H18N2O2. The molecule has 0 aromatic carbocycles. The maximum absolute atomic E-state index is 11.7. The van der Waals surface area contributed by atoms with Gasteiger partial charge < -0.3 is 4.74 Å². The summed E-state index contributed by atoms with van der Waals surface area (Å²) in [5, 5.41) is 4.11. The Kier molecular flexibility index (Phi) is 3.61. The van der Waals surface area contributed by atoms with Gasteiger partial charge in [-0.1, -0.05) is 19.1 Å². The van der Waals surface area contributed by atoms with E-state index in [1.165, 1.54) is 0 Å². The number of ether oxygens (including phenoxy) is 1. The Bertz CT molecular complexity index is 423. The van der Waals surface area contributed by atoms with Crippen LogP contribution in [0.3, 0.4) is 0 Å². The number of esters is 1.